The van der Waals surface area contributed by atoms with Crippen molar-refractivity contribution in [1.29, 1.82) is 5.26 Å². The summed E-state index contributed by atoms with van der Waals surface area (Å²) in [5.74, 6) is -0.0672. The fourth-order valence-corrected chi connectivity index (χ4v) is 3.25. The Kier molecular flexibility index (Phi) is 6.53. The van der Waals surface area contributed by atoms with E-state index in [2.05, 4.69) is 21.6 Å². The maximum atomic E-state index is 13.0. The second-order valence-electron chi connectivity index (χ2n) is 5.99. The summed E-state index contributed by atoms with van der Waals surface area (Å²) in [5.41, 5.74) is 1.91. The molecule has 0 N–H and O–H groups in total. The van der Waals surface area contributed by atoms with E-state index in [4.69, 9.17) is 5.26 Å². The molecular formula is C17H22N6OS. The largest absolute Gasteiger partial charge is 0.310 e. The molecule has 1 aromatic heterocycles. The Bertz CT molecular complexity index is 749. The van der Waals surface area contributed by atoms with Gasteiger partial charge in [-0.15, -0.1) is 5.10 Å². The molecule has 1 heterocycles. The zero-order chi connectivity index (χ0) is 18.4. The van der Waals surface area contributed by atoms with Gasteiger partial charge in [0.15, 0.2) is 0 Å². The number of aromatic nitrogens is 4. The van der Waals surface area contributed by atoms with Crippen molar-refractivity contribution in [3.63, 3.8) is 0 Å². The van der Waals surface area contributed by atoms with Gasteiger partial charge in [-0.3, -0.25) is 4.79 Å². The molecule has 0 radical (unpaired) electrons. The first kappa shape index (κ1) is 18.9. The average molecular weight is 358 g/mol. The molecule has 0 aliphatic carbocycles. The van der Waals surface area contributed by atoms with Crippen LogP contribution < -0.4 is 4.90 Å². The van der Waals surface area contributed by atoms with Crippen LogP contribution in [0.4, 0.5) is 5.69 Å². The third kappa shape index (κ3) is 4.79. The summed E-state index contributed by atoms with van der Waals surface area (Å²) >= 11 is 1.33. The molecule has 1 atom stereocenters. The number of anilines is 1. The van der Waals surface area contributed by atoms with Crippen LogP contribution in [0.2, 0.25) is 0 Å². The normalized spacial score (nSPS) is 12.0. The molecule has 0 spiro atoms. The summed E-state index contributed by atoms with van der Waals surface area (Å²) in [4.78, 5) is 14.6. The summed E-state index contributed by atoms with van der Waals surface area (Å²) < 4.78 is 1.69. The predicted molar refractivity (Wildman–Crippen MR) is 97.3 cm³/mol. The first-order chi connectivity index (χ1) is 11.9. The number of hydrogen-bond acceptors (Lipinski definition) is 6. The Morgan fingerprint density at radius 1 is 1.32 bits per heavy atom. The Labute approximate surface area is 152 Å². The van der Waals surface area contributed by atoms with E-state index in [1.165, 1.54) is 11.8 Å². The number of nitriles is 1. The van der Waals surface area contributed by atoms with Crippen LogP contribution >= 0.6 is 11.8 Å². The summed E-state index contributed by atoms with van der Waals surface area (Å²) in [6.45, 7) is 8.16. The van der Waals surface area contributed by atoms with Crippen LogP contribution in [-0.2, 0) is 4.79 Å². The highest BCUT2D eigenvalue weighted by Gasteiger charge is 2.25. The molecule has 25 heavy (non-hydrogen) atoms. The van der Waals surface area contributed by atoms with Crippen LogP contribution in [0.3, 0.4) is 0 Å². The molecule has 2 rings (SSSR count). The molecule has 2 aromatic rings. The smallest absolute Gasteiger partial charge is 0.240 e. The molecule has 1 amide bonds. The number of thioether (sulfide) groups is 1. The lowest BCUT2D eigenvalue weighted by Crippen LogP contribution is -2.37. The molecule has 0 aliphatic heterocycles. The lowest BCUT2D eigenvalue weighted by molar-refractivity contribution is -0.117. The number of aryl methyl sites for hydroxylation is 1. The van der Waals surface area contributed by atoms with Gasteiger partial charge in [0, 0.05) is 12.2 Å². The molecule has 0 aliphatic rings. The van der Waals surface area contributed by atoms with E-state index in [9.17, 15) is 4.79 Å². The van der Waals surface area contributed by atoms with E-state index < -0.39 is 0 Å². The third-order valence-electron chi connectivity index (χ3n) is 3.64. The molecule has 0 bridgehead atoms. The van der Waals surface area contributed by atoms with E-state index in [1.807, 2.05) is 52.0 Å². The van der Waals surface area contributed by atoms with Crippen LogP contribution in [0, 0.1) is 18.3 Å². The van der Waals surface area contributed by atoms with Gasteiger partial charge in [0.25, 0.3) is 0 Å². The monoisotopic (exact) mass is 358 g/mol. The topological polar surface area (TPSA) is 87.7 Å². The highest BCUT2D eigenvalue weighted by Crippen LogP contribution is 2.26. The quantitative estimate of drug-likeness (QED) is 0.707. The van der Waals surface area contributed by atoms with Gasteiger partial charge in [0.1, 0.15) is 0 Å². The second-order valence-corrected chi connectivity index (χ2v) is 7.30. The van der Waals surface area contributed by atoms with Crippen LogP contribution in [0.1, 0.15) is 38.8 Å². The molecule has 7 nitrogen and oxygen atoms in total. The summed E-state index contributed by atoms with van der Waals surface area (Å²) in [7, 11) is 0. The SMILES string of the molecule is Cc1ccc(N(CCC#N)C(=O)C(C)Sc2nnnn2C(C)C)cc1. The van der Waals surface area contributed by atoms with E-state index in [0.29, 0.717) is 11.7 Å². The number of nitrogens with zero attached hydrogens (tertiary/aromatic N) is 6. The number of amides is 1. The van der Waals surface area contributed by atoms with Crippen molar-refractivity contribution in [2.45, 2.75) is 50.6 Å². The van der Waals surface area contributed by atoms with Crippen molar-refractivity contribution in [2.24, 2.45) is 0 Å². The van der Waals surface area contributed by atoms with E-state index >= 15 is 0 Å². The van der Waals surface area contributed by atoms with Crippen LogP contribution in [0.25, 0.3) is 0 Å². The van der Waals surface area contributed by atoms with Crippen molar-refractivity contribution in [2.75, 3.05) is 11.4 Å². The zero-order valence-electron chi connectivity index (χ0n) is 14.9. The molecular weight excluding hydrogens is 336 g/mol. The van der Waals surface area contributed by atoms with E-state index in [0.717, 1.165) is 11.3 Å². The Hall–Kier alpha value is -2.40. The fraction of sp³-hybridized carbons (Fsp3) is 0.471. The van der Waals surface area contributed by atoms with Gasteiger partial charge in [-0.1, -0.05) is 29.5 Å². The summed E-state index contributed by atoms with van der Waals surface area (Å²) in [6, 6.07) is 9.94. The number of tetrazole rings is 1. The molecule has 0 saturated carbocycles. The standard InChI is InChI=1S/C17H22N6OS/c1-12(2)23-17(19-20-21-23)25-14(4)16(24)22(11-5-10-18)15-8-6-13(3)7-9-15/h6-9,12,14H,5,11H2,1-4H3. The van der Waals surface area contributed by atoms with Crippen molar-refractivity contribution in [3.8, 4) is 6.07 Å². The van der Waals surface area contributed by atoms with Gasteiger partial charge in [0.05, 0.1) is 23.8 Å². The van der Waals surface area contributed by atoms with Gasteiger partial charge in [0.2, 0.25) is 11.1 Å². The van der Waals surface area contributed by atoms with Crippen molar-refractivity contribution >= 4 is 23.4 Å². The van der Waals surface area contributed by atoms with E-state index in [-0.39, 0.29) is 23.6 Å². The molecule has 1 aromatic carbocycles. The van der Waals surface area contributed by atoms with Crippen molar-refractivity contribution in [3.05, 3.63) is 29.8 Å². The minimum Gasteiger partial charge on any atom is -0.310 e. The number of rotatable bonds is 7. The predicted octanol–water partition coefficient (Wildman–Crippen LogP) is 2.99. The first-order valence-corrected chi connectivity index (χ1v) is 9.01. The molecule has 1 unspecified atom stereocenters. The average Bonchev–Trinajstić information content (AvgIpc) is 3.04. The number of carbonyl (C=O) groups excluding carboxylic acids is 1. The Morgan fingerprint density at radius 2 is 2.00 bits per heavy atom. The third-order valence-corrected chi connectivity index (χ3v) is 4.68. The van der Waals surface area contributed by atoms with Crippen molar-refractivity contribution < 1.29 is 4.79 Å². The van der Waals surface area contributed by atoms with Crippen LogP contribution in [0.5, 0.6) is 0 Å². The molecule has 0 fully saturated rings. The van der Waals surface area contributed by atoms with Gasteiger partial charge >= 0.3 is 0 Å². The maximum Gasteiger partial charge on any atom is 0.240 e. The summed E-state index contributed by atoms with van der Waals surface area (Å²) in [6.07, 6.45) is 0.279. The van der Waals surface area contributed by atoms with Gasteiger partial charge in [-0.2, -0.15) is 5.26 Å². The van der Waals surface area contributed by atoms with Gasteiger partial charge in [-0.05, 0) is 50.3 Å². The lowest BCUT2D eigenvalue weighted by Gasteiger charge is -2.25. The Morgan fingerprint density at radius 3 is 2.60 bits per heavy atom. The maximum absolute atomic E-state index is 13.0. The fourth-order valence-electron chi connectivity index (χ4n) is 2.27. The number of carbonyl (C=O) groups is 1. The molecule has 8 heteroatoms. The second kappa shape index (κ2) is 8.62. The lowest BCUT2D eigenvalue weighted by atomic mass is 10.2. The number of hydrogen-bond donors (Lipinski definition) is 0. The molecule has 132 valence electrons. The van der Waals surface area contributed by atoms with Gasteiger partial charge in [-0.25, -0.2) is 4.68 Å². The number of benzene rings is 1. The highest BCUT2D eigenvalue weighted by molar-refractivity contribution is 8.00. The minimum atomic E-state index is -0.372. The highest BCUT2D eigenvalue weighted by atomic mass is 32.2. The van der Waals surface area contributed by atoms with Crippen LogP contribution in [-0.4, -0.2) is 37.9 Å². The summed E-state index contributed by atoms with van der Waals surface area (Å²) in [5, 5.41) is 20.8. The van der Waals surface area contributed by atoms with E-state index in [1.54, 1.807) is 9.58 Å². The zero-order valence-corrected chi connectivity index (χ0v) is 15.7. The molecule has 0 saturated heterocycles. The van der Waals surface area contributed by atoms with Crippen molar-refractivity contribution in [1.82, 2.24) is 20.2 Å². The van der Waals surface area contributed by atoms with Gasteiger partial charge < -0.3 is 4.90 Å². The Balaban J connectivity index is 2.18. The first-order valence-electron chi connectivity index (χ1n) is 8.13. The minimum absolute atomic E-state index is 0.0672. The van der Waals surface area contributed by atoms with Crippen LogP contribution in [0.15, 0.2) is 29.4 Å².